The lowest BCUT2D eigenvalue weighted by Crippen LogP contribution is -2.05. The van der Waals surface area contributed by atoms with Gasteiger partial charge in [-0.25, -0.2) is 4.98 Å². The topological polar surface area (TPSA) is 77.6 Å². The average molecular weight is 356 g/mol. The minimum Gasteiger partial charge on any atom is -0.508 e. The molecule has 0 bridgehead atoms. The van der Waals surface area contributed by atoms with Gasteiger partial charge < -0.3 is 20.3 Å². The molecule has 0 aliphatic rings. The molecule has 0 amide bonds. The summed E-state index contributed by atoms with van der Waals surface area (Å²) in [6.45, 7) is 0.539. The number of hydrogen-bond acceptors (Lipinski definition) is 6. The molecule has 0 saturated heterocycles. The van der Waals surface area contributed by atoms with Gasteiger partial charge in [-0.1, -0.05) is 0 Å². The van der Waals surface area contributed by atoms with Crippen molar-refractivity contribution in [3.05, 3.63) is 47.3 Å². The molecule has 1 heterocycles. The third-order valence-corrected chi connectivity index (χ3v) is 4.81. The Morgan fingerprint density at radius 2 is 1.76 bits per heavy atom. The SMILES string of the molecule is COc1cc(CCN)c(-c2csc(-c3ccc(O)cc3)n2)cc1OC. The summed E-state index contributed by atoms with van der Waals surface area (Å²) in [4.78, 5) is 4.75. The number of phenols is 1. The van der Waals surface area contributed by atoms with Gasteiger partial charge in [-0.15, -0.1) is 11.3 Å². The predicted octanol–water partition coefficient (Wildman–Crippen LogP) is 3.70. The molecule has 0 unspecified atom stereocenters. The number of ether oxygens (including phenoxy) is 2. The van der Waals surface area contributed by atoms with Crippen molar-refractivity contribution in [1.82, 2.24) is 4.98 Å². The maximum absolute atomic E-state index is 9.43. The van der Waals surface area contributed by atoms with Crippen LogP contribution < -0.4 is 15.2 Å². The summed E-state index contributed by atoms with van der Waals surface area (Å²) in [5, 5.41) is 12.3. The molecule has 0 saturated carbocycles. The number of rotatable bonds is 6. The molecule has 25 heavy (non-hydrogen) atoms. The van der Waals surface area contributed by atoms with E-state index in [1.807, 2.05) is 29.6 Å². The first kappa shape index (κ1) is 17.3. The molecule has 3 aromatic rings. The lowest BCUT2D eigenvalue weighted by atomic mass is 10.0. The van der Waals surface area contributed by atoms with Crippen LogP contribution in [0.4, 0.5) is 0 Å². The molecule has 2 aromatic carbocycles. The Balaban J connectivity index is 2.05. The molecular weight excluding hydrogens is 336 g/mol. The second-order valence-corrected chi connectivity index (χ2v) is 6.35. The molecule has 130 valence electrons. The van der Waals surface area contributed by atoms with Gasteiger partial charge in [-0.3, -0.25) is 0 Å². The van der Waals surface area contributed by atoms with Crippen molar-refractivity contribution in [3.8, 4) is 39.1 Å². The van der Waals surface area contributed by atoms with E-state index in [2.05, 4.69) is 0 Å². The standard InChI is InChI=1S/C19H20N2O3S/c1-23-17-9-13(7-8-20)15(10-18(17)24-2)16-11-25-19(21-16)12-3-5-14(22)6-4-12/h3-6,9-11,22H,7-8,20H2,1-2H3. The van der Waals surface area contributed by atoms with E-state index in [-0.39, 0.29) is 5.75 Å². The first-order valence-electron chi connectivity index (χ1n) is 7.86. The van der Waals surface area contributed by atoms with Crippen LogP contribution in [-0.2, 0) is 6.42 Å². The van der Waals surface area contributed by atoms with Gasteiger partial charge in [0.1, 0.15) is 10.8 Å². The molecule has 0 aliphatic carbocycles. The largest absolute Gasteiger partial charge is 0.508 e. The molecule has 0 aliphatic heterocycles. The summed E-state index contributed by atoms with van der Waals surface area (Å²) in [6.07, 6.45) is 0.724. The number of phenolic OH excluding ortho intramolecular Hbond substituents is 1. The minimum absolute atomic E-state index is 0.241. The van der Waals surface area contributed by atoms with Crippen LogP contribution in [0.1, 0.15) is 5.56 Å². The summed E-state index contributed by atoms with van der Waals surface area (Å²) in [7, 11) is 3.24. The van der Waals surface area contributed by atoms with E-state index in [0.717, 1.165) is 33.8 Å². The predicted molar refractivity (Wildman–Crippen MR) is 101 cm³/mol. The number of nitrogens with zero attached hydrogens (tertiary/aromatic N) is 1. The van der Waals surface area contributed by atoms with Crippen molar-refractivity contribution in [1.29, 1.82) is 0 Å². The summed E-state index contributed by atoms with van der Waals surface area (Å²) < 4.78 is 10.8. The summed E-state index contributed by atoms with van der Waals surface area (Å²) in [5.74, 6) is 1.59. The van der Waals surface area contributed by atoms with Crippen molar-refractivity contribution in [2.45, 2.75) is 6.42 Å². The fourth-order valence-electron chi connectivity index (χ4n) is 2.66. The highest BCUT2D eigenvalue weighted by atomic mass is 32.1. The number of thiazole rings is 1. The maximum atomic E-state index is 9.43. The van der Waals surface area contributed by atoms with Crippen LogP contribution in [0, 0.1) is 0 Å². The van der Waals surface area contributed by atoms with Crippen LogP contribution in [0.2, 0.25) is 0 Å². The third kappa shape index (κ3) is 3.60. The molecule has 1 aromatic heterocycles. The minimum atomic E-state index is 0.241. The number of aromatic hydroxyl groups is 1. The van der Waals surface area contributed by atoms with Crippen LogP contribution in [0.5, 0.6) is 17.2 Å². The molecule has 3 rings (SSSR count). The highest BCUT2D eigenvalue weighted by Gasteiger charge is 2.15. The monoisotopic (exact) mass is 356 g/mol. The van der Waals surface area contributed by atoms with Gasteiger partial charge >= 0.3 is 0 Å². The quantitative estimate of drug-likeness (QED) is 0.704. The number of aromatic nitrogens is 1. The van der Waals surface area contributed by atoms with E-state index in [4.69, 9.17) is 20.2 Å². The van der Waals surface area contributed by atoms with Gasteiger partial charge in [-0.2, -0.15) is 0 Å². The van der Waals surface area contributed by atoms with Crippen molar-refractivity contribution in [2.24, 2.45) is 5.73 Å². The van der Waals surface area contributed by atoms with Gasteiger partial charge in [-0.05, 0) is 54.9 Å². The first-order valence-corrected chi connectivity index (χ1v) is 8.74. The van der Waals surface area contributed by atoms with E-state index < -0.39 is 0 Å². The molecule has 0 atom stereocenters. The molecule has 0 spiro atoms. The van der Waals surface area contributed by atoms with E-state index in [1.165, 1.54) is 0 Å². The van der Waals surface area contributed by atoms with Crippen molar-refractivity contribution >= 4 is 11.3 Å². The molecule has 6 heteroatoms. The summed E-state index contributed by atoms with van der Waals surface area (Å²) in [5.41, 5.74) is 9.67. The Kier molecular flexibility index (Phi) is 5.21. The van der Waals surface area contributed by atoms with Crippen LogP contribution >= 0.6 is 11.3 Å². The highest BCUT2D eigenvalue weighted by Crippen LogP contribution is 2.37. The van der Waals surface area contributed by atoms with Crippen LogP contribution in [0.3, 0.4) is 0 Å². The number of methoxy groups -OCH3 is 2. The van der Waals surface area contributed by atoms with Crippen LogP contribution in [0.25, 0.3) is 21.8 Å². The molecule has 0 fully saturated rings. The lowest BCUT2D eigenvalue weighted by Gasteiger charge is -2.13. The van der Waals surface area contributed by atoms with Gasteiger partial charge in [0.05, 0.1) is 19.9 Å². The lowest BCUT2D eigenvalue weighted by molar-refractivity contribution is 0.354. The van der Waals surface area contributed by atoms with Crippen LogP contribution in [-0.4, -0.2) is 30.9 Å². The third-order valence-electron chi connectivity index (χ3n) is 3.92. The fourth-order valence-corrected chi connectivity index (χ4v) is 3.48. The second-order valence-electron chi connectivity index (χ2n) is 5.49. The van der Waals surface area contributed by atoms with Crippen LogP contribution in [0.15, 0.2) is 41.8 Å². The Morgan fingerprint density at radius 3 is 2.40 bits per heavy atom. The molecule has 5 nitrogen and oxygen atoms in total. The summed E-state index contributed by atoms with van der Waals surface area (Å²) in [6, 6.07) is 10.9. The van der Waals surface area contributed by atoms with Gasteiger partial charge in [0.25, 0.3) is 0 Å². The smallest absolute Gasteiger partial charge is 0.161 e. The Morgan fingerprint density at radius 1 is 1.08 bits per heavy atom. The number of nitrogens with two attached hydrogens (primary N) is 1. The highest BCUT2D eigenvalue weighted by molar-refractivity contribution is 7.13. The van der Waals surface area contributed by atoms with E-state index in [1.54, 1.807) is 37.7 Å². The van der Waals surface area contributed by atoms with Crippen molar-refractivity contribution in [3.63, 3.8) is 0 Å². The summed E-state index contributed by atoms with van der Waals surface area (Å²) >= 11 is 1.56. The van der Waals surface area contributed by atoms with Gasteiger partial charge in [0.2, 0.25) is 0 Å². The first-order chi connectivity index (χ1) is 12.2. The molecule has 3 N–H and O–H groups in total. The molecule has 0 radical (unpaired) electrons. The van der Waals surface area contributed by atoms with Gasteiger partial charge in [0, 0.05) is 16.5 Å². The van der Waals surface area contributed by atoms with E-state index >= 15 is 0 Å². The zero-order valence-corrected chi connectivity index (χ0v) is 15.0. The van der Waals surface area contributed by atoms with Gasteiger partial charge in [0.15, 0.2) is 11.5 Å². The zero-order chi connectivity index (χ0) is 17.8. The maximum Gasteiger partial charge on any atom is 0.161 e. The molecular formula is C19H20N2O3S. The second kappa shape index (κ2) is 7.55. The van der Waals surface area contributed by atoms with Crippen molar-refractivity contribution < 1.29 is 14.6 Å². The normalized spacial score (nSPS) is 10.7. The zero-order valence-electron chi connectivity index (χ0n) is 14.2. The van der Waals surface area contributed by atoms with E-state index in [9.17, 15) is 5.11 Å². The number of benzene rings is 2. The Bertz CT molecular complexity index is 860. The average Bonchev–Trinajstić information content (AvgIpc) is 3.12. The van der Waals surface area contributed by atoms with Crippen molar-refractivity contribution in [2.75, 3.05) is 20.8 Å². The Hall–Kier alpha value is -2.57. The fraction of sp³-hybridized carbons (Fsp3) is 0.211. The van der Waals surface area contributed by atoms with E-state index in [0.29, 0.717) is 18.0 Å². The Labute approximate surface area is 150 Å². The number of hydrogen-bond donors (Lipinski definition) is 2.